The maximum absolute atomic E-state index is 12.4. The third kappa shape index (κ3) is 1.78. The summed E-state index contributed by atoms with van der Waals surface area (Å²) < 4.78 is 0. The van der Waals surface area contributed by atoms with Crippen LogP contribution in [-0.2, 0) is 4.79 Å². The summed E-state index contributed by atoms with van der Waals surface area (Å²) in [7, 11) is 0. The predicted octanol–water partition coefficient (Wildman–Crippen LogP) is 3.88. The summed E-state index contributed by atoms with van der Waals surface area (Å²) in [5.41, 5.74) is 1.81. The van der Waals surface area contributed by atoms with Gasteiger partial charge in [0.1, 0.15) is 5.78 Å². The van der Waals surface area contributed by atoms with Crippen molar-refractivity contribution in [3.8, 4) is 0 Å². The summed E-state index contributed by atoms with van der Waals surface area (Å²) in [4.78, 5) is 12.4. The highest BCUT2D eigenvalue weighted by Gasteiger charge is 2.58. The summed E-state index contributed by atoms with van der Waals surface area (Å²) in [6.45, 7) is 4.69. The number of carbonyl (C=O) groups excluding carboxylic acids is 1. The third-order valence-electron chi connectivity index (χ3n) is 7.79. The Bertz CT molecular complexity index is 508. The normalized spacial score (nSPS) is 52.7. The summed E-state index contributed by atoms with van der Waals surface area (Å²) in [6, 6.07) is 0. The second kappa shape index (κ2) is 4.44. The van der Waals surface area contributed by atoms with E-state index in [1.54, 1.807) is 0 Å². The predicted molar refractivity (Wildman–Crippen MR) is 82.7 cm³/mol. The Hall–Kier alpha value is -0.630. The second-order valence-electron chi connectivity index (χ2n) is 8.57. The van der Waals surface area contributed by atoms with Gasteiger partial charge in [0, 0.05) is 11.8 Å². The Morgan fingerprint density at radius 1 is 1.10 bits per heavy atom. The average molecular weight is 288 g/mol. The highest BCUT2D eigenvalue weighted by atomic mass is 16.3. The van der Waals surface area contributed by atoms with Crippen LogP contribution in [0.2, 0.25) is 0 Å². The molecule has 0 radical (unpaired) electrons. The number of ketones is 1. The van der Waals surface area contributed by atoms with Gasteiger partial charge in [-0.05, 0) is 68.1 Å². The molecule has 0 aromatic carbocycles. The molecule has 1 N–H and O–H groups in total. The van der Waals surface area contributed by atoms with Crippen LogP contribution in [0.15, 0.2) is 11.6 Å². The molecule has 2 heteroatoms. The Morgan fingerprint density at radius 2 is 1.81 bits per heavy atom. The van der Waals surface area contributed by atoms with Crippen molar-refractivity contribution in [2.24, 2.45) is 28.6 Å². The van der Waals surface area contributed by atoms with Crippen molar-refractivity contribution in [3.63, 3.8) is 0 Å². The SMILES string of the molecule is C[C@]12CC[C@H]3[C@H](CC=C4C[C@@H](O)CC[C@]43C)[C@@H]1CCC2=O. The first-order valence-electron chi connectivity index (χ1n) is 8.86. The minimum Gasteiger partial charge on any atom is -0.393 e. The fraction of sp³-hybridized carbons (Fsp3) is 0.842. The number of carbonyl (C=O) groups is 1. The van der Waals surface area contributed by atoms with Gasteiger partial charge in [-0.3, -0.25) is 4.79 Å². The number of hydrogen-bond acceptors (Lipinski definition) is 2. The van der Waals surface area contributed by atoms with E-state index in [4.69, 9.17) is 0 Å². The number of Topliss-reactive ketones (excluding diaryl/α,β-unsaturated/α-hetero) is 1. The summed E-state index contributed by atoms with van der Waals surface area (Å²) in [5.74, 6) is 2.60. The van der Waals surface area contributed by atoms with Gasteiger partial charge in [-0.25, -0.2) is 0 Å². The molecule has 4 rings (SSSR count). The number of aliphatic hydroxyl groups excluding tert-OH is 1. The zero-order valence-corrected chi connectivity index (χ0v) is 13.4. The minimum atomic E-state index is -0.122. The van der Waals surface area contributed by atoms with Crippen molar-refractivity contribution < 1.29 is 9.90 Å². The van der Waals surface area contributed by atoms with E-state index in [2.05, 4.69) is 19.9 Å². The molecule has 0 aromatic rings. The monoisotopic (exact) mass is 288 g/mol. The van der Waals surface area contributed by atoms with Gasteiger partial charge >= 0.3 is 0 Å². The van der Waals surface area contributed by atoms with Gasteiger partial charge in [0.2, 0.25) is 0 Å². The van der Waals surface area contributed by atoms with Crippen molar-refractivity contribution in [2.45, 2.75) is 71.3 Å². The van der Waals surface area contributed by atoms with Gasteiger partial charge in [0.25, 0.3) is 0 Å². The van der Waals surface area contributed by atoms with Crippen LogP contribution in [0.4, 0.5) is 0 Å². The smallest absolute Gasteiger partial charge is 0.139 e. The highest BCUT2D eigenvalue weighted by molar-refractivity contribution is 5.87. The molecule has 0 aliphatic heterocycles. The lowest BCUT2D eigenvalue weighted by atomic mass is 9.48. The number of rotatable bonds is 0. The Labute approximate surface area is 128 Å². The van der Waals surface area contributed by atoms with E-state index < -0.39 is 0 Å². The van der Waals surface area contributed by atoms with Crippen LogP contribution in [0.5, 0.6) is 0 Å². The van der Waals surface area contributed by atoms with Crippen molar-refractivity contribution >= 4 is 5.78 Å². The Morgan fingerprint density at radius 3 is 2.62 bits per heavy atom. The average Bonchev–Trinajstić information content (AvgIpc) is 2.76. The largest absolute Gasteiger partial charge is 0.393 e. The van der Waals surface area contributed by atoms with Gasteiger partial charge in [-0.15, -0.1) is 0 Å². The standard InChI is InChI=1S/C19H28O2/c1-18-9-7-13(20)11-12(18)3-4-14-15-5-6-17(21)19(15,2)10-8-16(14)18/h3,13-16,20H,4-11H2,1-2H3/t13-,14+,15-,16-,18+,19-/m0/s1. The molecule has 3 fully saturated rings. The van der Waals surface area contributed by atoms with Crippen molar-refractivity contribution in [3.05, 3.63) is 11.6 Å². The van der Waals surface area contributed by atoms with Crippen molar-refractivity contribution in [2.75, 3.05) is 0 Å². The van der Waals surface area contributed by atoms with E-state index in [0.29, 0.717) is 23.0 Å². The summed E-state index contributed by atoms with van der Waals surface area (Å²) in [6.07, 6.45) is 10.7. The lowest BCUT2D eigenvalue weighted by Crippen LogP contribution is -2.50. The van der Waals surface area contributed by atoms with Crippen LogP contribution in [0.25, 0.3) is 0 Å². The molecule has 21 heavy (non-hydrogen) atoms. The summed E-state index contributed by atoms with van der Waals surface area (Å²) >= 11 is 0. The lowest BCUT2D eigenvalue weighted by Gasteiger charge is -2.56. The van der Waals surface area contributed by atoms with Crippen LogP contribution < -0.4 is 0 Å². The number of aliphatic hydroxyl groups is 1. The molecule has 6 atom stereocenters. The zero-order chi connectivity index (χ0) is 14.8. The summed E-state index contributed by atoms with van der Waals surface area (Å²) in [5, 5.41) is 10.00. The topological polar surface area (TPSA) is 37.3 Å². The first-order chi connectivity index (χ1) is 9.95. The number of hydrogen-bond donors (Lipinski definition) is 1. The minimum absolute atomic E-state index is 0.0168. The number of allylic oxidation sites excluding steroid dienone is 1. The number of fused-ring (bicyclic) bond motifs is 5. The third-order valence-corrected chi connectivity index (χ3v) is 7.79. The van der Waals surface area contributed by atoms with E-state index in [1.165, 1.54) is 12.0 Å². The molecule has 0 amide bonds. The molecule has 4 aliphatic carbocycles. The lowest BCUT2D eigenvalue weighted by molar-refractivity contribution is -0.132. The zero-order valence-electron chi connectivity index (χ0n) is 13.4. The molecule has 0 heterocycles. The van der Waals surface area contributed by atoms with Crippen LogP contribution >= 0.6 is 0 Å². The van der Waals surface area contributed by atoms with Gasteiger partial charge < -0.3 is 5.11 Å². The van der Waals surface area contributed by atoms with Crippen LogP contribution in [0, 0.1) is 28.6 Å². The van der Waals surface area contributed by atoms with Crippen LogP contribution in [-0.4, -0.2) is 17.0 Å². The Kier molecular flexibility index (Phi) is 2.96. The van der Waals surface area contributed by atoms with Crippen LogP contribution in [0.3, 0.4) is 0 Å². The molecular weight excluding hydrogens is 260 g/mol. The molecule has 0 bridgehead atoms. The van der Waals surface area contributed by atoms with Gasteiger partial charge in [-0.2, -0.15) is 0 Å². The molecular formula is C19H28O2. The van der Waals surface area contributed by atoms with Gasteiger partial charge in [0.05, 0.1) is 6.10 Å². The maximum Gasteiger partial charge on any atom is 0.139 e. The van der Waals surface area contributed by atoms with Crippen molar-refractivity contribution in [1.29, 1.82) is 0 Å². The molecule has 0 aromatic heterocycles. The fourth-order valence-electron chi connectivity index (χ4n) is 6.41. The first-order valence-corrected chi connectivity index (χ1v) is 8.86. The molecule has 3 saturated carbocycles. The first kappa shape index (κ1) is 14.0. The molecule has 4 aliphatic rings. The van der Waals surface area contributed by atoms with E-state index in [1.807, 2.05) is 0 Å². The molecule has 0 saturated heterocycles. The second-order valence-corrected chi connectivity index (χ2v) is 8.57. The van der Waals surface area contributed by atoms with E-state index in [-0.39, 0.29) is 11.5 Å². The van der Waals surface area contributed by atoms with Gasteiger partial charge in [0.15, 0.2) is 0 Å². The molecule has 116 valence electrons. The van der Waals surface area contributed by atoms with E-state index >= 15 is 0 Å². The highest BCUT2D eigenvalue weighted by Crippen LogP contribution is 2.63. The van der Waals surface area contributed by atoms with Crippen LogP contribution in [0.1, 0.15) is 65.2 Å². The quantitative estimate of drug-likeness (QED) is 0.687. The Balaban J connectivity index is 1.69. The molecule has 0 spiro atoms. The maximum atomic E-state index is 12.4. The fourth-order valence-corrected chi connectivity index (χ4v) is 6.41. The molecule has 2 nitrogen and oxygen atoms in total. The molecule has 0 unspecified atom stereocenters. The van der Waals surface area contributed by atoms with Crippen molar-refractivity contribution in [1.82, 2.24) is 0 Å². The van der Waals surface area contributed by atoms with Gasteiger partial charge in [-0.1, -0.05) is 25.5 Å². The van der Waals surface area contributed by atoms with E-state index in [9.17, 15) is 9.90 Å². The van der Waals surface area contributed by atoms with E-state index in [0.717, 1.165) is 50.9 Å².